The summed E-state index contributed by atoms with van der Waals surface area (Å²) >= 11 is -0.697. The Balaban J connectivity index is 2.54. The van der Waals surface area contributed by atoms with Crippen LogP contribution < -0.4 is 6.25 Å². The molecule has 0 bridgehead atoms. The van der Waals surface area contributed by atoms with Crippen molar-refractivity contribution in [3.63, 3.8) is 0 Å². The van der Waals surface area contributed by atoms with Crippen molar-refractivity contribution in [2.45, 2.75) is 0 Å². The molecule has 104 valence electrons. The van der Waals surface area contributed by atoms with Gasteiger partial charge in [0.1, 0.15) is 0 Å². The first kappa shape index (κ1) is 15.8. The third-order valence-corrected chi connectivity index (χ3v) is 19.0. The van der Waals surface area contributed by atoms with E-state index in [1.165, 1.54) is 0 Å². The first-order valence-electron chi connectivity index (χ1n) is 5.24. The van der Waals surface area contributed by atoms with Crippen molar-refractivity contribution < 1.29 is 26.3 Å². The Morgan fingerprint density at radius 3 is 1.20 bits per heavy atom. The van der Waals surface area contributed by atoms with Gasteiger partial charge >= 0.3 is 124 Å². The van der Waals surface area contributed by atoms with E-state index in [1.54, 1.807) is 0 Å². The van der Waals surface area contributed by atoms with Gasteiger partial charge in [-0.2, -0.15) is 0 Å². The van der Waals surface area contributed by atoms with Crippen LogP contribution in [0.2, 0.25) is 0 Å². The topological polar surface area (TPSA) is 0 Å². The van der Waals surface area contributed by atoms with E-state index < -0.39 is 55.2 Å². The summed E-state index contributed by atoms with van der Waals surface area (Å²) < 4.78 is 78.7. The van der Waals surface area contributed by atoms with Crippen LogP contribution >= 0.6 is 12.0 Å². The molecule has 0 saturated carbocycles. The first-order valence-corrected chi connectivity index (χ1v) is 19.5. The van der Waals surface area contributed by atoms with Crippen LogP contribution in [0.15, 0.2) is 24.3 Å². The number of rotatable bonds is 2. The predicted octanol–water partition coefficient (Wildman–Crippen LogP) is 3.02. The standard InChI is InChI=1S/2C6H2F3.BrH.Tl/c2*7-4-1-2-5(8)6(9)3-4;;/h2*2-3H;1H;/q;;;+1/p-1. The van der Waals surface area contributed by atoms with Gasteiger partial charge in [0.15, 0.2) is 0 Å². The second-order valence-corrected chi connectivity index (χ2v) is 19.6. The van der Waals surface area contributed by atoms with Crippen LogP contribution in [-0.2, 0) is 0 Å². The molecular weight excluding hydrogens is 542 g/mol. The second-order valence-electron chi connectivity index (χ2n) is 3.94. The van der Waals surface area contributed by atoms with E-state index >= 15 is 0 Å². The molecule has 0 heterocycles. The Morgan fingerprint density at radius 1 is 0.550 bits per heavy atom. The van der Waals surface area contributed by atoms with Gasteiger partial charge in [-0.1, -0.05) is 0 Å². The van der Waals surface area contributed by atoms with E-state index in [1.807, 2.05) is 0 Å². The van der Waals surface area contributed by atoms with Crippen molar-refractivity contribution in [2.24, 2.45) is 0 Å². The van der Waals surface area contributed by atoms with Crippen molar-refractivity contribution >= 4 is 38.5 Å². The van der Waals surface area contributed by atoms with Crippen LogP contribution in [0.1, 0.15) is 0 Å². The molecular formula is C12H4BrF6Tl. The molecule has 0 N–H and O–H groups in total. The average Bonchev–Trinajstić information content (AvgIpc) is 2.37. The molecule has 0 radical (unpaired) electrons. The third-order valence-electron chi connectivity index (χ3n) is 2.63. The van der Waals surface area contributed by atoms with E-state index in [4.69, 9.17) is 0 Å². The van der Waals surface area contributed by atoms with E-state index in [9.17, 15) is 26.3 Å². The third kappa shape index (κ3) is 3.02. The van der Waals surface area contributed by atoms with E-state index in [0.717, 1.165) is 0 Å². The maximum absolute atomic E-state index is 13.6. The molecule has 2 aromatic rings. The fourth-order valence-electron chi connectivity index (χ4n) is 1.63. The van der Waals surface area contributed by atoms with Crippen molar-refractivity contribution in [3.05, 3.63) is 59.2 Å². The molecule has 0 nitrogen and oxygen atoms in total. The van der Waals surface area contributed by atoms with E-state index in [-0.39, 0.29) is 6.25 Å². The first-order chi connectivity index (χ1) is 9.31. The molecule has 20 heavy (non-hydrogen) atoms. The molecule has 2 rings (SSSR count). The normalized spacial score (nSPS) is 10.8. The van der Waals surface area contributed by atoms with Gasteiger partial charge in [-0.3, -0.25) is 0 Å². The summed E-state index contributed by atoms with van der Waals surface area (Å²) in [5, 5.41) is 0. The van der Waals surface area contributed by atoms with Crippen LogP contribution in [0, 0.1) is 34.9 Å². The summed E-state index contributed by atoms with van der Waals surface area (Å²) in [6.45, 7) is 0. The molecule has 0 aromatic heterocycles. The van der Waals surface area contributed by atoms with Gasteiger partial charge in [0, 0.05) is 0 Å². The summed E-state index contributed by atoms with van der Waals surface area (Å²) in [6.07, 6.45) is 0. The summed E-state index contributed by atoms with van der Waals surface area (Å²) in [5.41, 5.74) is 0. The van der Waals surface area contributed by atoms with Crippen LogP contribution in [0.25, 0.3) is 0 Å². The molecule has 0 aliphatic heterocycles. The van der Waals surface area contributed by atoms with Gasteiger partial charge < -0.3 is 0 Å². The van der Waals surface area contributed by atoms with Gasteiger partial charge in [0.2, 0.25) is 0 Å². The summed E-state index contributed by atoms with van der Waals surface area (Å²) in [4.78, 5) is 0. The summed E-state index contributed by atoms with van der Waals surface area (Å²) in [7, 11) is 0. The van der Waals surface area contributed by atoms with Gasteiger partial charge in [0.25, 0.3) is 0 Å². The van der Waals surface area contributed by atoms with Crippen molar-refractivity contribution in [1.82, 2.24) is 0 Å². The summed E-state index contributed by atoms with van der Waals surface area (Å²) in [6, 6.07) is 1.92. The van der Waals surface area contributed by atoms with Gasteiger partial charge in [-0.15, -0.1) is 0 Å². The zero-order valence-electron chi connectivity index (χ0n) is 9.53. The van der Waals surface area contributed by atoms with Crippen LogP contribution in [-0.4, -0.2) is 20.3 Å². The van der Waals surface area contributed by atoms with Crippen molar-refractivity contribution in [1.29, 1.82) is 0 Å². The molecule has 0 unspecified atom stereocenters. The quantitative estimate of drug-likeness (QED) is 0.309. The van der Waals surface area contributed by atoms with Crippen molar-refractivity contribution in [2.75, 3.05) is 0 Å². The van der Waals surface area contributed by atoms with Gasteiger partial charge in [0.05, 0.1) is 0 Å². The van der Waals surface area contributed by atoms with E-state index in [2.05, 4.69) is 12.0 Å². The molecule has 0 atom stereocenters. The molecule has 0 saturated heterocycles. The molecule has 2 aromatic carbocycles. The minimum atomic E-state index is -3.77. The zero-order valence-corrected chi connectivity index (χ0v) is 15.6. The number of halogens is 7. The molecule has 8 heteroatoms. The monoisotopic (exact) mass is 546 g/mol. The number of hydrogen-bond donors (Lipinski definition) is 0. The van der Waals surface area contributed by atoms with Crippen LogP contribution in [0.5, 0.6) is 0 Å². The van der Waals surface area contributed by atoms with Crippen LogP contribution in [0.4, 0.5) is 26.3 Å². The molecule has 0 spiro atoms. The number of benzene rings is 2. The Morgan fingerprint density at radius 2 is 0.850 bits per heavy atom. The van der Waals surface area contributed by atoms with E-state index in [0.29, 0.717) is 24.3 Å². The molecule has 0 fully saturated rings. The number of hydrogen-bond acceptors (Lipinski definition) is 0. The second kappa shape index (κ2) is 6.04. The Kier molecular flexibility index (Phi) is 4.77. The molecule has 0 aliphatic carbocycles. The Hall–Kier alpha value is -0.578. The fourth-order valence-corrected chi connectivity index (χ4v) is 13.9. The van der Waals surface area contributed by atoms with Crippen LogP contribution in [0.3, 0.4) is 0 Å². The minimum absolute atomic E-state index is 0.214. The maximum atomic E-state index is 13.6. The zero-order chi connectivity index (χ0) is 15.0. The van der Waals surface area contributed by atoms with Gasteiger partial charge in [-0.05, 0) is 0 Å². The molecule has 0 aliphatic rings. The predicted molar refractivity (Wildman–Crippen MR) is 66.6 cm³/mol. The SMILES string of the molecule is Fc1cc(F)[c]([Tl]([Br])[c]2cc(F)c(F)cc2F)cc1F. The van der Waals surface area contributed by atoms with Gasteiger partial charge in [-0.25, -0.2) is 0 Å². The molecule has 0 amide bonds. The van der Waals surface area contributed by atoms with Crippen molar-refractivity contribution in [3.8, 4) is 0 Å². The Bertz CT molecular complexity index is 618. The summed E-state index contributed by atoms with van der Waals surface area (Å²) in [5.74, 6) is -7.40. The average molecular weight is 546 g/mol. The fraction of sp³-hybridized carbons (Fsp3) is 0. The Labute approximate surface area is 123 Å².